The van der Waals surface area contributed by atoms with Crippen LogP contribution in [0.5, 0.6) is 11.5 Å². The molecule has 218 valence electrons. The number of aliphatic imine (C=N–C) groups is 1. The van der Waals surface area contributed by atoms with E-state index in [9.17, 15) is 28.1 Å². The molecule has 0 saturated carbocycles. The summed E-state index contributed by atoms with van der Waals surface area (Å²) in [7, 11) is 0. The van der Waals surface area contributed by atoms with Crippen molar-refractivity contribution in [2.45, 2.75) is 19.3 Å². The molecule has 0 bridgehead atoms. The number of benzene rings is 4. The van der Waals surface area contributed by atoms with E-state index in [1.54, 1.807) is 17.0 Å². The molecule has 1 aliphatic rings. The molecule has 5 rings (SSSR count). The van der Waals surface area contributed by atoms with Crippen LogP contribution in [0.25, 0.3) is 6.08 Å². The predicted octanol–water partition coefficient (Wildman–Crippen LogP) is 8.73. The Morgan fingerprint density at radius 3 is 2.21 bits per heavy atom. The van der Waals surface area contributed by atoms with Crippen LogP contribution in [0, 0.1) is 10.1 Å². The number of ether oxygens (including phenoxy) is 1. The fourth-order valence-electron chi connectivity index (χ4n) is 4.16. The smallest absolute Gasteiger partial charge is 0.416 e. The Hall–Kier alpha value is -4.61. The molecule has 4 aromatic rings. The molecule has 7 nitrogen and oxygen atoms in total. The van der Waals surface area contributed by atoms with Crippen LogP contribution in [0.3, 0.4) is 0 Å². The number of thioether (sulfide) groups is 1. The second-order valence-electron chi connectivity index (χ2n) is 9.30. The maximum Gasteiger partial charge on any atom is 0.416 e. The second-order valence-corrected chi connectivity index (χ2v) is 10.7. The third kappa shape index (κ3) is 7.25. The number of hydrogen-bond acceptors (Lipinski definition) is 6. The second kappa shape index (κ2) is 12.7. The van der Waals surface area contributed by atoms with Crippen LogP contribution in [-0.2, 0) is 24.1 Å². The van der Waals surface area contributed by atoms with Gasteiger partial charge in [0.05, 0.1) is 33.5 Å². The minimum absolute atomic E-state index is 0.00658. The van der Waals surface area contributed by atoms with Gasteiger partial charge in [0.2, 0.25) is 5.75 Å². The van der Waals surface area contributed by atoms with Gasteiger partial charge in [0.1, 0.15) is 5.75 Å². The lowest BCUT2D eigenvalue weighted by atomic mass is 10.1. The Bertz CT molecular complexity index is 1730. The van der Waals surface area contributed by atoms with Crippen molar-refractivity contribution < 1.29 is 27.6 Å². The van der Waals surface area contributed by atoms with Crippen LogP contribution in [0.1, 0.15) is 22.3 Å². The third-order valence-corrected chi connectivity index (χ3v) is 7.61. The zero-order valence-corrected chi connectivity index (χ0v) is 23.7. The standard InChI is InChI=1S/C31H21ClF3N3O4S/c32-24-15-22(11-13-26(24)42-27-14-12-23(31(33,34)35)17-25(27)38(40)41)16-28-29(39)37(19-21-9-5-2-6-10-21)30(43-28)36-18-20-7-3-1-4-8-20/h1-17H,18-19H2/b28-16-,36-30?. The van der Waals surface area contributed by atoms with Crippen molar-refractivity contribution in [3.8, 4) is 11.5 Å². The molecule has 0 atom stereocenters. The van der Waals surface area contributed by atoms with E-state index in [1.165, 1.54) is 23.9 Å². The van der Waals surface area contributed by atoms with Gasteiger partial charge in [0, 0.05) is 6.07 Å². The van der Waals surface area contributed by atoms with E-state index >= 15 is 0 Å². The molecule has 0 N–H and O–H groups in total. The number of carbonyl (C=O) groups excluding carboxylic acids is 1. The van der Waals surface area contributed by atoms with Crippen molar-refractivity contribution in [2.75, 3.05) is 0 Å². The van der Waals surface area contributed by atoms with Crippen LogP contribution in [-0.4, -0.2) is 20.9 Å². The van der Waals surface area contributed by atoms with Gasteiger partial charge in [-0.25, -0.2) is 0 Å². The summed E-state index contributed by atoms with van der Waals surface area (Å²) >= 11 is 7.62. The van der Waals surface area contributed by atoms with Crippen LogP contribution < -0.4 is 4.74 Å². The number of alkyl halides is 3. The summed E-state index contributed by atoms with van der Waals surface area (Å²) in [4.78, 5) is 30.7. The average molecular weight is 624 g/mol. The number of rotatable bonds is 8. The molecule has 1 amide bonds. The Morgan fingerprint density at radius 2 is 1.58 bits per heavy atom. The number of nitrogens with zero attached hydrogens (tertiary/aromatic N) is 3. The van der Waals surface area contributed by atoms with Gasteiger partial charge in [-0.05, 0) is 58.8 Å². The fourth-order valence-corrected chi connectivity index (χ4v) is 5.36. The summed E-state index contributed by atoms with van der Waals surface area (Å²) in [5.41, 5.74) is 0.444. The molecule has 0 aromatic heterocycles. The average Bonchev–Trinajstić information content (AvgIpc) is 3.27. The van der Waals surface area contributed by atoms with Crippen molar-refractivity contribution in [3.63, 3.8) is 0 Å². The summed E-state index contributed by atoms with van der Waals surface area (Å²) in [5, 5.41) is 12.0. The lowest BCUT2D eigenvalue weighted by Gasteiger charge is -2.15. The molecule has 1 fully saturated rings. The Kier molecular flexibility index (Phi) is 8.84. The minimum atomic E-state index is -4.76. The highest BCUT2D eigenvalue weighted by Crippen LogP contribution is 2.40. The number of amidine groups is 1. The van der Waals surface area contributed by atoms with Gasteiger partial charge < -0.3 is 4.74 Å². The first kappa shape index (κ1) is 29.9. The zero-order valence-electron chi connectivity index (χ0n) is 22.1. The number of carbonyl (C=O) groups is 1. The minimum Gasteiger partial charge on any atom is -0.449 e. The number of nitro groups is 1. The van der Waals surface area contributed by atoms with E-state index in [0.29, 0.717) is 40.9 Å². The molecular weight excluding hydrogens is 603 g/mol. The lowest BCUT2D eigenvalue weighted by molar-refractivity contribution is -0.385. The van der Waals surface area contributed by atoms with Crippen molar-refractivity contribution in [1.82, 2.24) is 4.90 Å². The monoisotopic (exact) mass is 623 g/mol. The predicted molar refractivity (Wildman–Crippen MR) is 160 cm³/mol. The number of nitro benzene ring substituents is 1. The van der Waals surface area contributed by atoms with E-state index in [1.807, 2.05) is 60.7 Å². The van der Waals surface area contributed by atoms with Crippen molar-refractivity contribution >= 4 is 46.2 Å². The molecule has 0 radical (unpaired) electrons. The van der Waals surface area contributed by atoms with Gasteiger partial charge in [0.25, 0.3) is 5.91 Å². The fraction of sp³-hybridized carbons (Fsp3) is 0.0968. The Balaban J connectivity index is 1.40. The van der Waals surface area contributed by atoms with Gasteiger partial charge in [-0.1, -0.05) is 78.3 Å². The van der Waals surface area contributed by atoms with Crippen LogP contribution in [0.15, 0.2) is 107 Å². The molecule has 0 spiro atoms. The third-order valence-electron chi connectivity index (χ3n) is 6.27. The summed E-state index contributed by atoms with van der Waals surface area (Å²) in [6.45, 7) is 0.722. The largest absolute Gasteiger partial charge is 0.449 e. The zero-order chi connectivity index (χ0) is 30.6. The quantitative estimate of drug-likeness (QED) is 0.111. The van der Waals surface area contributed by atoms with Crippen molar-refractivity contribution in [2.24, 2.45) is 4.99 Å². The van der Waals surface area contributed by atoms with Crippen LogP contribution in [0.4, 0.5) is 18.9 Å². The highest BCUT2D eigenvalue weighted by molar-refractivity contribution is 8.18. The summed E-state index contributed by atoms with van der Waals surface area (Å²) in [6.07, 6.45) is -3.11. The molecule has 1 heterocycles. The molecule has 1 aliphatic heterocycles. The van der Waals surface area contributed by atoms with E-state index in [-0.39, 0.29) is 16.7 Å². The SMILES string of the molecule is O=C1/C(=C/c2ccc(Oc3ccc(C(F)(F)F)cc3[N+](=O)[O-])c(Cl)c2)SC(=NCc2ccccc2)N1Cc1ccccc1. The molecule has 12 heteroatoms. The molecule has 4 aromatic carbocycles. The van der Waals surface area contributed by atoms with E-state index in [0.717, 1.165) is 17.2 Å². The van der Waals surface area contributed by atoms with E-state index < -0.39 is 28.1 Å². The van der Waals surface area contributed by atoms with Crippen molar-refractivity contribution in [3.05, 3.63) is 139 Å². The van der Waals surface area contributed by atoms with Crippen LogP contribution in [0.2, 0.25) is 5.02 Å². The van der Waals surface area contributed by atoms with E-state index in [2.05, 4.69) is 0 Å². The highest BCUT2D eigenvalue weighted by atomic mass is 35.5. The lowest BCUT2D eigenvalue weighted by Crippen LogP contribution is -2.28. The maximum absolute atomic E-state index is 13.5. The Labute approximate surface area is 253 Å². The maximum atomic E-state index is 13.5. The van der Waals surface area contributed by atoms with Gasteiger partial charge >= 0.3 is 11.9 Å². The van der Waals surface area contributed by atoms with Gasteiger partial charge in [-0.15, -0.1) is 0 Å². The number of hydrogen-bond donors (Lipinski definition) is 0. The molecular formula is C31H21ClF3N3O4S. The normalized spacial score (nSPS) is 15.3. The number of halogens is 4. The first-order valence-electron chi connectivity index (χ1n) is 12.8. The summed E-state index contributed by atoms with van der Waals surface area (Å²) in [5.74, 6) is -0.645. The van der Waals surface area contributed by atoms with Gasteiger partial charge in [0.15, 0.2) is 5.17 Å². The molecule has 1 saturated heterocycles. The summed E-state index contributed by atoms with van der Waals surface area (Å²) < 4.78 is 44.7. The topological polar surface area (TPSA) is 85.0 Å². The van der Waals surface area contributed by atoms with Gasteiger partial charge in [-0.3, -0.25) is 24.8 Å². The first-order valence-corrected chi connectivity index (χ1v) is 13.9. The van der Waals surface area contributed by atoms with Crippen LogP contribution >= 0.6 is 23.4 Å². The van der Waals surface area contributed by atoms with Crippen molar-refractivity contribution in [1.29, 1.82) is 0 Å². The number of amides is 1. The highest BCUT2D eigenvalue weighted by Gasteiger charge is 2.34. The molecule has 43 heavy (non-hydrogen) atoms. The summed E-state index contributed by atoms with van der Waals surface area (Å²) in [6, 6.07) is 25.7. The first-order chi connectivity index (χ1) is 20.6. The molecule has 0 unspecified atom stereocenters. The molecule has 0 aliphatic carbocycles. The van der Waals surface area contributed by atoms with Gasteiger partial charge in [-0.2, -0.15) is 13.2 Å². The van der Waals surface area contributed by atoms with E-state index in [4.69, 9.17) is 21.3 Å². The Morgan fingerprint density at radius 1 is 0.930 bits per heavy atom.